The van der Waals surface area contributed by atoms with Gasteiger partial charge >= 0.3 is 6.18 Å². The number of amides is 1. The fourth-order valence-electron chi connectivity index (χ4n) is 3.97. The van der Waals surface area contributed by atoms with E-state index >= 15 is 0 Å². The molecule has 1 fully saturated rings. The van der Waals surface area contributed by atoms with Crippen molar-refractivity contribution >= 4 is 26.0 Å². The summed E-state index contributed by atoms with van der Waals surface area (Å²) in [5, 5.41) is 8.37. The van der Waals surface area contributed by atoms with E-state index in [1.54, 1.807) is 26.8 Å². The number of hydrogen-bond donors (Lipinski definition) is 1. The van der Waals surface area contributed by atoms with Crippen LogP contribution in [0.15, 0.2) is 53.4 Å². The average Bonchev–Trinajstić information content (AvgIpc) is 3.01. The summed E-state index contributed by atoms with van der Waals surface area (Å²) in [5.74, 6) is -0.509. The Kier molecular flexibility index (Phi) is 7.29. The molecule has 1 aliphatic heterocycles. The van der Waals surface area contributed by atoms with Crippen LogP contribution in [-0.4, -0.2) is 38.6 Å². The van der Waals surface area contributed by atoms with Gasteiger partial charge in [-0.05, 0) is 50.1 Å². The van der Waals surface area contributed by atoms with Crippen molar-refractivity contribution in [3.05, 3.63) is 65.2 Å². The van der Waals surface area contributed by atoms with Gasteiger partial charge in [-0.25, -0.2) is 21.1 Å². The van der Waals surface area contributed by atoms with E-state index < -0.39 is 59.4 Å². The summed E-state index contributed by atoms with van der Waals surface area (Å²) in [6.07, 6.45) is -5.07. The average molecular weight is 544 g/mol. The number of sulfonamides is 2. The van der Waals surface area contributed by atoms with E-state index in [2.05, 4.69) is 4.72 Å². The molecule has 8 nitrogen and oxygen atoms in total. The second-order valence-corrected chi connectivity index (χ2v) is 13.0. The van der Waals surface area contributed by atoms with E-state index in [1.807, 2.05) is 0 Å². The molecule has 194 valence electrons. The van der Waals surface area contributed by atoms with Crippen molar-refractivity contribution in [3.8, 4) is 6.07 Å². The van der Waals surface area contributed by atoms with Gasteiger partial charge in [0.1, 0.15) is 11.3 Å². The molecule has 3 rings (SSSR count). The molecule has 0 spiro atoms. The van der Waals surface area contributed by atoms with Crippen molar-refractivity contribution < 1.29 is 34.8 Å². The van der Waals surface area contributed by atoms with Crippen LogP contribution >= 0.6 is 0 Å². The molecule has 0 saturated carbocycles. The Bertz CT molecular complexity index is 1410. The molecular formula is C23H24F3N3O5S2. The van der Waals surface area contributed by atoms with E-state index in [0.717, 1.165) is 22.5 Å². The predicted molar refractivity (Wildman–Crippen MR) is 124 cm³/mol. The summed E-state index contributed by atoms with van der Waals surface area (Å²) in [6, 6.07) is 9.65. The number of carbonyl (C=O) groups is 1. The van der Waals surface area contributed by atoms with Crippen LogP contribution < -0.4 is 4.72 Å². The van der Waals surface area contributed by atoms with Crippen LogP contribution in [0.25, 0.3) is 0 Å². The van der Waals surface area contributed by atoms with Gasteiger partial charge in [0.15, 0.2) is 0 Å². The Morgan fingerprint density at radius 1 is 1.14 bits per heavy atom. The van der Waals surface area contributed by atoms with Gasteiger partial charge in [-0.1, -0.05) is 30.3 Å². The first-order valence-corrected chi connectivity index (χ1v) is 13.7. The van der Waals surface area contributed by atoms with Gasteiger partial charge in [0, 0.05) is 6.42 Å². The zero-order valence-corrected chi connectivity index (χ0v) is 21.2. The Morgan fingerprint density at radius 2 is 1.75 bits per heavy atom. The third-order valence-corrected chi connectivity index (χ3v) is 9.41. The highest BCUT2D eigenvalue weighted by Gasteiger charge is 2.49. The normalized spacial score (nSPS) is 19.2. The SMILES string of the molecule is CC(C)(C)N1C(=O)CC(c2ccc(CC(C#N)NS(=O)(=O)c3cccc(C(F)(F)F)c3)cc2)S1(=O)=O. The van der Waals surface area contributed by atoms with E-state index in [4.69, 9.17) is 0 Å². The first-order valence-electron chi connectivity index (χ1n) is 10.7. The second kappa shape index (κ2) is 9.49. The van der Waals surface area contributed by atoms with Crippen LogP contribution in [0.3, 0.4) is 0 Å². The molecular weight excluding hydrogens is 519 g/mol. The Morgan fingerprint density at radius 3 is 2.25 bits per heavy atom. The molecule has 2 aromatic carbocycles. The number of nitriles is 1. The lowest BCUT2D eigenvalue weighted by Crippen LogP contribution is -2.45. The smallest absolute Gasteiger partial charge is 0.274 e. The molecule has 2 atom stereocenters. The third kappa shape index (κ3) is 5.71. The number of halogens is 3. The predicted octanol–water partition coefficient (Wildman–Crippen LogP) is 3.52. The van der Waals surface area contributed by atoms with Gasteiger partial charge in [-0.15, -0.1) is 0 Å². The van der Waals surface area contributed by atoms with E-state index in [-0.39, 0.29) is 12.8 Å². The zero-order chi connectivity index (χ0) is 27.1. The highest BCUT2D eigenvalue weighted by atomic mass is 32.2. The minimum absolute atomic E-state index is 0.126. The molecule has 2 unspecified atom stereocenters. The standard InChI is InChI=1S/C23H24F3N3O5S2/c1-22(2,3)29-21(30)13-20(36(29,33)34)16-9-7-15(8-10-16)11-18(14-27)28-35(31,32)19-6-4-5-17(12-19)23(24,25)26/h4-10,12,18,20,28H,11,13H2,1-3H3. The summed E-state index contributed by atoms with van der Waals surface area (Å²) in [5.41, 5.74) is -1.20. The molecule has 13 heteroatoms. The first kappa shape index (κ1) is 27.6. The fraction of sp³-hybridized carbons (Fsp3) is 0.391. The lowest BCUT2D eigenvalue weighted by Gasteiger charge is -2.30. The highest BCUT2D eigenvalue weighted by Crippen LogP contribution is 2.40. The minimum atomic E-state index is -4.73. The van der Waals surface area contributed by atoms with Crippen LogP contribution in [-0.2, 0) is 37.4 Å². The summed E-state index contributed by atoms with van der Waals surface area (Å²) in [6.45, 7) is 4.86. The Labute approximate surface area is 207 Å². The quantitative estimate of drug-likeness (QED) is 0.595. The molecule has 1 N–H and O–H groups in total. The highest BCUT2D eigenvalue weighted by molar-refractivity contribution is 7.90. The number of hydrogen-bond acceptors (Lipinski definition) is 6. The van der Waals surface area contributed by atoms with Gasteiger partial charge < -0.3 is 0 Å². The lowest BCUT2D eigenvalue weighted by atomic mass is 10.0. The largest absolute Gasteiger partial charge is 0.416 e. The van der Waals surface area contributed by atoms with E-state index in [0.29, 0.717) is 17.2 Å². The molecule has 0 bridgehead atoms. The van der Waals surface area contributed by atoms with Crippen LogP contribution in [0.1, 0.15) is 49.1 Å². The van der Waals surface area contributed by atoms with Crippen LogP contribution in [0.2, 0.25) is 0 Å². The molecule has 1 aliphatic rings. The van der Waals surface area contributed by atoms with Crippen molar-refractivity contribution in [3.63, 3.8) is 0 Å². The number of nitrogens with zero attached hydrogens (tertiary/aromatic N) is 2. The lowest BCUT2D eigenvalue weighted by molar-refractivity contribution is -0.137. The molecule has 1 saturated heterocycles. The summed E-state index contributed by atoms with van der Waals surface area (Å²) >= 11 is 0. The molecule has 0 aromatic heterocycles. The van der Waals surface area contributed by atoms with Crippen molar-refractivity contribution in [1.29, 1.82) is 5.26 Å². The number of alkyl halides is 3. The summed E-state index contributed by atoms with van der Waals surface area (Å²) < 4.78 is 92.9. The van der Waals surface area contributed by atoms with Gasteiger partial charge in [-0.2, -0.15) is 23.2 Å². The molecule has 1 heterocycles. The number of rotatable bonds is 6. The maximum absolute atomic E-state index is 13.0. The topological polar surface area (TPSA) is 124 Å². The maximum Gasteiger partial charge on any atom is 0.416 e. The van der Waals surface area contributed by atoms with Crippen molar-refractivity contribution in [2.24, 2.45) is 0 Å². The molecule has 0 radical (unpaired) electrons. The molecule has 2 aromatic rings. The third-order valence-electron chi connectivity index (χ3n) is 5.53. The molecule has 36 heavy (non-hydrogen) atoms. The number of carbonyl (C=O) groups excluding carboxylic acids is 1. The number of benzene rings is 2. The second-order valence-electron chi connectivity index (χ2n) is 9.34. The molecule has 0 aliphatic carbocycles. The van der Waals surface area contributed by atoms with E-state index in [9.17, 15) is 40.1 Å². The Balaban J connectivity index is 1.77. The van der Waals surface area contributed by atoms with Crippen molar-refractivity contribution in [2.75, 3.05) is 0 Å². The summed E-state index contributed by atoms with van der Waals surface area (Å²) in [4.78, 5) is 11.7. The van der Waals surface area contributed by atoms with Crippen molar-refractivity contribution in [1.82, 2.24) is 9.03 Å². The summed E-state index contributed by atoms with van der Waals surface area (Å²) in [7, 11) is -8.37. The first-order chi connectivity index (χ1) is 16.5. The van der Waals surface area contributed by atoms with Crippen LogP contribution in [0, 0.1) is 11.3 Å². The monoisotopic (exact) mass is 543 g/mol. The minimum Gasteiger partial charge on any atom is -0.274 e. The number of nitrogens with one attached hydrogen (secondary N) is 1. The van der Waals surface area contributed by atoms with E-state index in [1.165, 1.54) is 24.3 Å². The van der Waals surface area contributed by atoms with Crippen molar-refractivity contribution in [2.45, 2.75) is 61.5 Å². The maximum atomic E-state index is 13.0. The molecule has 1 amide bonds. The van der Waals surface area contributed by atoms with Gasteiger partial charge in [-0.3, -0.25) is 4.79 Å². The van der Waals surface area contributed by atoms with Crippen LogP contribution in [0.4, 0.5) is 13.2 Å². The fourth-order valence-corrected chi connectivity index (χ4v) is 7.39. The zero-order valence-electron chi connectivity index (χ0n) is 19.6. The van der Waals surface area contributed by atoms with Gasteiger partial charge in [0.25, 0.3) is 0 Å². The van der Waals surface area contributed by atoms with Gasteiger partial charge in [0.2, 0.25) is 26.0 Å². The van der Waals surface area contributed by atoms with Gasteiger partial charge in [0.05, 0.1) is 28.5 Å². The van der Waals surface area contributed by atoms with Crippen LogP contribution in [0.5, 0.6) is 0 Å². The Hall–Kier alpha value is -2.95.